The first-order valence-electron chi connectivity index (χ1n) is 7.49. The summed E-state index contributed by atoms with van der Waals surface area (Å²) in [6.07, 6.45) is 0. The Morgan fingerprint density at radius 1 is 1.21 bits per heavy atom. The molecule has 1 aromatic carbocycles. The Morgan fingerprint density at radius 3 is 2.33 bits per heavy atom. The molecule has 0 aromatic heterocycles. The average Bonchev–Trinajstić information content (AvgIpc) is 2.55. The minimum atomic E-state index is -3.38. The standard InChI is InChI=1S/C15H23N3O4S.ClH/c1-22-11-14(16)15(19)17-7-9-18(10-8-17)23(20,21)12-13-5-3-2-4-6-13;/h2-6,14H,7-12,16H2,1H3;1H. The molecule has 1 aliphatic heterocycles. The highest BCUT2D eigenvalue weighted by molar-refractivity contribution is 7.88. The van der Waals surface area contributed by atoms with Crippen LogP contribution in [0.2, 0.25) is 0 Å². The maximum absolute atomic E-state index is 12.4. The van der Waals surface area contributed by atoms with Gasteiger partial charge in [0.05, 0.1) is 12.4 Å². The third kappa shape index (κ3) is 5.42. The number of carbonyl (C=O) groups excluding carboxylic acids is 1. The topological polar surface area (TPSA) is 92.9 Å². The van der Waals surface area contributed by atoms with Crippen molar-refractivity contribution in [3.05, 3.63) is 35.9 Å². The van der Waals surface area contributed by atoms with Gasteiger partial charge >= 0.3 is 0 Å². The number of methoxy groups -OCH3 is 1. The highest BCUT2D eigenvalue weighted by Gasteiger charge is 2.30. The van der Waals surface area contributed by atoms with Gasteiger partial charge in [0.2, 0.25) is 15.9 Å². The smallest absolute Gasteiger partial charge is 0.241 e. The number of halogens is 1. The number of amides is 1. The molecule has 9 heteroatoms. The van der Waals surface area contributed by atoms with Gasteiger partial charge in [0.1, 0.15) is 6.04 Å². The summed E-state index contributed by atoms with van der Waals surface area (Å²) < 4.78 is 31.2. The van der Waals surface area contributed by atoms with E-state index in [1.165, 1.54) is 11.4 Å². The molecule has 1 aromatic rings. The number of carbonyl (C=O) groups is 1. The molecule has 2 N–H and O–H groups in total. The molecule has 1 atom stereocenters. The molecule has 1 fully saturated rings. The number of nitrogens with zero attached hydrogens (tertiary/aromatic N) is 2. The molecule has 0 spiro atoms. The molecular formula is C15H24ClN3O4S. The fraction of sp³-hybridized carbons (Fsp3) is 0.533. The minimum Gasteiger partial charge on any atom is -0.383 e. The van der Waals surface area contributed by atoms with Crippen LogP contribution in [-0.4, -0.2) is 69.5 Å². The third-order valence-corrected chi connectivity index (χ3v) is 5.65. The number of hydrogen-bond donors (Lipinski definition) is 1. The Morgan fingerprint density at radius 2 is 1.79 bits per heavy atom. The molecule has 2 rings (SSSR count). The Labute approximate surface area is 149 Å². The number of ether oxygens (including phenoxy) is 1. The van der Waals surface area contributed by atoms with Crippen molar-refractivity contribution < 1.29 is 17.9 Å². The minimum absolute atomic E-state index is 0. The molecule has 0 bridgehead atoms. The van der Waals surface area contributed by atoms with Gasteiger partial charge in [0.25, 0.3) is 0 Å². The normalized spacial score (nSPS) is 17.2. The number of rotatable bonds is 6. The zero-order valence-corrected chi connectivity index (χ0v) is 15.3. The van der Waals surface area contributed by atoms with Gasteiger partial charge in [-0.05, 0) is 5.56 Å². The third-order valence-electron chi connectivity index (χ3n) is 3.80. The van der Waals surface area contributed by atoms with Crippen molar-refractivity contribution in [3.8, 4) is 0 Å². The first-order chi connectivity index (χ1) is 10.9. The second kappa shape index (κ2) is 9.33. The van der Waals surface area contributed by atoms with Gasteiger partial charge in [-0.25, -0.2) is 8.42 Å². The van der Waals surface area contributed by atoms with Crippen molar-refractivity contribution in [1.29, 1.82) is 0 Å². The van der Waals surface area contributed by atoms with Crippen LogP contribution in [0, 0.1) is 0 Å². The van der Waals surface area contributed by atoms with E-state index in [0.29, 0.717) is 26.2 Å². The first-order valence-corrected chi connectivity index (χ1v) is 9.10. The Balaban J connectivity index is 0.00000288. The summed E-state index contributed by atoms with van der Waals surface area (Å²) in [5, 5.41) is 0. The van der Waals surface area contributed by atoms with E-state index in [2.05, 4.69) is 0 Å². The summed E-state index contributed by atoms with van der Waals surface area (Å²) >= 11 is 0. The van der Waals surface area contributed by atoms with Crippen LogP contribution in [0.3, 0.4) is 0 Å². The van der Waals surface area contributed by atoms with Gasteiger partial charge in [-0.3, -0.25) is 4.79 Å². The lowest BCUT2D eigenvalue weighted by Gasteiger charge is -2.35. The van der Waals surface area contributed by atoms with Crippen LogP contribution in [0.4, 0.5) is 0 Å². The largest absolute Gasteiger partial charge is 0.383 e. The Kier molecular flexibility index (Phi) is 8.11. The van der Waals surface area contributed by atoms with Crippen molar-refractivity contribution in [3.63, 3.8) is 0 Å². The van der Waals surface area contributed by atoms with Crippen LogP contribution in [0.25, 0.3) is 0 Å². The zero-order chi connectivity index (χ0) is 16.9. The number of benzene rings is 1. The summed E-state index contributed by atoms with van der Waals surface area (Å²) in [5.41, 5.74) is 6.49. The summed E-state index contributed by atoms with van der Waals surface area (Å²) in [4.78, 5) is 13.7. The second-order valence-corrected chi connectivity index (χ2v) is 7.50. The van der Waals surface area contributed by atoms with Gasteiger partial charge in [-0.15, -0.1) is 12.4 Å². The highest BCUT2D eigenvalue weighted by Crippen LogP contribution is 2.14. The molecule has 136 valence electrons. The van der Waals surface area contributed by atoms with Crippen molar-refractivity contribution in [2.24, 2.45) is 5.73 Å². The molecular weight excluding hydrogens is 354 g/mol. The van der Waals surface area contributed by atoms with Crippen LogP contribution in [-0.2, 0) is 25.3 Å². The molecule has 0 radical (unpaired) electrons. The molecule has 1 saturated heterocycles. The second-order valence-electron chi connectivity index (χ2n) is 5.53. The lowest BCUT2D eigenvalue weighted by Crippen LogP contribution is -2.55. The Hall–Kier alpha value is -1.19. The van der Waals surface area contributed by atoms with Crippen LogP contribution in [0.15, 0.2) is 30.3 Å². The predicted molar refractivity (Wildman–Crippen MR) is 94.3 cm³/mol. The lowest BCUT2D eigenvalue weighted by atomic mass is 10.2. The summed E-state index contributed by atoms with van der Waals surface area (Å²) in [6.45, 7) is 1.45. The maximum atomic E-state index is 12.4. The van der Waals surface area contributed by atoms with Crippen molar-refractivity contribution in [2.45, 2.75) is 11.8 Å². The van der Waals surface area contributed by atoms with E-state index >= 15 is 0 Å². The predicted octanol–water partition coefficient (Wildman–Crippen LogP) is 0.0561. The van der Waals surface area contributed by atoms with Gasteiger partial charge in [-0.2, -0.15) is 4.31 Å². The lowest BCUT2D eigenvalue weighted by molar-refractivity contribution is -0.134. The molecule has 24 heavy (non-hydrogen) atoms. The van der Waals surface area contributed by atoms with E-state index in [9.17, 15) is 13.2 Å². The first kappa shape index (κ1) is 20.9. The van der Waals surface area contributed by atoms with Gasteiger partial charge in [0.15, 0.2) is 0 Å². The van der Waals surface area contributed by atoms with Gasteiger partial charge in [0, 0.05) is 33.3 Å². The van der Waals surface area contributed by atoms with E-state index < -0.39 is 16.1 Å². The molecule has 1 amide bonds. The summed E-state index contributed by atoms with van der Waals surface area (Å²) in [7, 11) is -1.89. The zero-order valence-electron chi connectivity index (χ0n) is 13.6. The Bertz CT molecular complexity index is 619. The van der Waals surface area contributed by atoms with E-state index in [1.807, 2.05) is 18.2 Å². The average molecular weight is 378 g/mol. The van der Waals surface area contributed by atoms with E-state index in [1.54, 1.807) is 17.0 Å². The van der Waals surface area contributed by atoms with Crippen LogP contribution < -0.4 is 5.73 Å². The number of piperazine rings is 1. The van der Waals surface area contributed by atoms with Crippen molar-refractivity contribution in [2.75, 3.05) is 39.9 Å². The van der Waals surface area contributed by atoms with Crippen molar-refractivity contribution >= 4 is 28.3 Å². The van der Waals surface area contributed by atoms with E-state index in [-0.39, 0.29) is 30.7 Å². The number of sulfonamides is 1. The van der Waals surface area contributed by atoms with Crippen LogP contribution in [0.5, 0.6) is 0 Å². The molecule has 1 heterocycles. The monoisotopic (exact) mass is 377 g/mol. The summed E-state index contributed by atoms with van der Waals surface area (Å²) in [6, 6.07) is 8.37. The highest BCUT2D eigenvalue weighted by atomic mass is 35.5. The number of hydrogen-bond acceptors (Lipinski definition) is 5. The van der Waals surface area contributed by atoms with E-state index in [4.69, 9.17) is 10.5 Å². The summed E-state index contributed by atoms with van der Waals surface area (Å²) in [5.74, 6) is -0.225. The SMILES string of the molecule is COCC(N)C(=O)N1CCN(S(=O)(=O)Cc2ccccc2)CC1.Cl. The fourth-order valence-corrected chi connectivity index (χ4v) is 4.06. The van der Waals surface area contributed by atoms with Crippen molar-refractivity contribution in [1.82, 2.24) is 9.21 Å². The molecule has 7 nitrogen and oxygen atoms in total. The quantitative estimate of drug-likeness (QED) is 0.756. The molecule has 1 unspecified atom stereocenters. The van der Waals surface area contributed by atoms with Gasteiger partial charge < -0.3 is 15.4 Å². The fourth-order valence-electron chi connectivity index (χ4n) is 2.55. The van der Waals surface area contributed by atoms with Crippen LogP contribution >= 0.6 is 12.4 Å². The number of nitrogens with two attached hydrogens (primary N) is 1. The molecule has 0 aliphatic carbocycles. The van der Waals surface area contributed by atoms with Gasteiger partial charge in [-0.1, -0.05) is 30.3 Å². The maximum Gasteiger partial charge on any atom is 0.241 e. The van der Waals surface area contributed by atoms with Crippen LogP contribution in [0.1, 0.15) is 5.56 Å². The molecule has 1 aliphatic rings. The van der Waals surface area contributed by atoms with E-state index in [0.717, 1.165) is 5.56 Å². The molecule has 0 saturated carbocycles.